The lowest BCUT2D eigenvalue weighted by Gasteiger charge is -2.13. The number of hydrogen-bond acceptors (Lipinski definition) is 2. The maximum atomic E-state index is 6.03. The van der Waals surface area contributed by atoms with E-state index in [2.05, 4.69) is 42.4 Å². The number of nitrogens with zero attached hydrogens (tertiary/aromatic N) is 1. The molecule has 23 heavy (non-hydrogen) atoms. The van der Waals surface area contributed by atoms with Crippen molar-refractivity contribution in [3.05, 3.63) is 29.8 Å². The second kappa shape index (κ2) is 9.47. The summed E-state index contributed by atoms with van der Waals surface area (Å²) in [7, 11) is 0. The highest BCUT2D eigenvalue weighted by Crippen LogP contribution is 2.49. The molecule has 1 aliphatic carbocycles. The van der Waals surface area contributed by atoms with Crippen LogP contribution in [0.2, 0.25) is 0 Å². The van der Waals surface area contributed by atoms with Crippen LogP contribution in [0.15, 0.2) is 29.3 Å². The SMILES string of the molecule is CCOCCC1(CN=C(N)Nc2cccc(C(C)C)c2)CC1.I. The van der Waals surface area contributed by atoms with Crippen LogP contribution in [0.1, 0.15) is 51.5 Å². The van der Waals surface area contributed by atoms with Crippen molar-refractivity contribution >= 4 is 35.6 Å². The number of anilines is 1. The minimum atomic E-state index is 0. The molecule has 1 aliphatic rings. The lowest BCUT2D eigenvalue weighted by atomic mass is 10.0. The van der Waals surface area contributed by atoms with Crippen molar-refractivity contribution < 1.29 is 4.74 Å². The van der Waals surface area contributed by atoms with Gasteiger partial charge >= 0.3 is 0 Å². The average Bonchev–Trinajstić information content (AvgIpc) is 3.26. The highest BCUT2D eigenvalue weighted by molar-refractivity contribution is 14.0. The van der Waals surface area contributed by atoms with Gasteiger partial charge in [0, 0.05) is 25.4 Å². The predicted molar refractivity (Wildman–Crippen MR) is 109 cm³/mol. The van der Waals surface area contributed by atoms with Crippen LogP contribution in [0.25, 0.3) is 0 Å². The van der Waals surface area contributed by atoms with Gasteiger partial charge in [-0.3, -0.25) is 4.99 Å². The first-order valence-electron chi connectivity index (χ1n) is 8.29. The molecule has 1 saturated carbocycles. The van der Waals surface area contributed by atoms with Crippen molar-refractivity contribution in [3.8, 4) is 0 Å². The second-order valence-corrected chi connectivity index (χ2v) is 6.55. The van der Waals surface area contributed by atoms with E-state index in [4.69, 9.17) is 10.5 Å². The molecule has 1 aromatic rings. The van der Waals surface area contributed by atoms with Crippen molar-refractivity contribution in [1.29, 1.82) is 0 Å². The standard InChI is InChI=1S/C18H29N3O.HI/c1-4-22-11-10-18(8-9-18)13-20-17(19)21-16-7-5-6-15(12-16)14(2)3;/h5-7,12,14H,4,8-11,13H2,1-3H3,(H3,19,20,21);1H. The molecule has 1 aromatic carbocycles. The van der Waals surface area contributed by atoms with E-state index in [1.54, 1.807) is 0 Å². The van der Waals surface area contributed by atoms with Gasteiger partial charge < -0.3 is 15.8 Å². The van der Waals surface area contributed by atoms with Crippen molar-refractivity contribution in [3.63, 3.8) is 0 Å². The Morgan fingerprint density at radius 2 is 2.13 bits per heavy atom. The lowest BCUT2D eigenvalue weighted by Crippen LogP contribution is -2.24. The number of benzene rings is 1. The van der Waals surface area contributed by atoms with Crippen molar-refractivity contribution in [2.75, 3.05) is 25.1 Å². The van der Waals surface area contributed by atoms with E-state index in [9.17, 15) is 0 Å². The summed E-state index contributed by atoms with van der Waals surface area (Å²) >= 11 is 0. The molecule has 0 aromatic heterocycles. The van der Waals surface area contributed by atoms with E-state index in [0.29, 0.717) is 17.3 Å². The third kappa shape index (κ3) is 6.67. The smallest absolute Gasteiger partial charge is 0.193 e. The third-order valence-electron chi connectivity index (χ3n) is 4.35. The van der Waals surface area contributed by atoms with Gasteiger partial charge in [0.05, 0.1) is 0 Å². The molecule has 1 fully saturated rings. The number of rotatable bonds is 8. The van der Waals surface area contributed by atoms with E-state index >= 15 is 0 Å². The number of hydrogen-bond donors (Lipinski definition) is 2. The van der Waals surface area contributed by atoms with E-state index < -0.39 is 0 Å². The molecule has 0 unspecified atom stereocenters. The summed E-state index contributed by atoms with van der Waals surface area (Å²) in [6.07, 6.45) is 3.56. The first kappa shape index (κ1) is 20.2. The van der Waals surface area contributed by atoms with Gasteiger partial charge in [-0.1, -0.05) is 26.0 Å². The molecule has 4 nitrogen and oxygen atoms in total. The van der Waals surface area contributed by atoms with Crippen LogP contribution in [0.4, 0.5) is 5.69 Å². The molecule has 0 aliphatic heterocycles. The van der Waals surface area contributed by atoms with E-state index in [1.165, 1.54) is 18.4 Å². The number of aliphatic imine (C=N–C) groups is 1. The van der Waals surface area contributed by atoms with Crippen molar-refractivity contribution in [2.24, 2.45) is 16.1 Å². The highest BCUT2D eigenvalue weighted by atomic mass is 127. The summed E-state index contributed by atoms with van der Waals surface area (Å²) < 4.78 is 5.45. The molecule has 0 atom stereocenters. The van der Waals surface area contributed by atoms with Crippen LogP contribution in [-0.2, 0) is 4.74 Å². The van der Waals surface area contributed by atoms with Crippen molar-refractivity contribution in [2.45, 2.75) is 46.0 Å². The van der Waals surface area contributed by atoms with E-state index in [1.807, 2.05) is 13.0 Å². The highest BCUT2D eigenvalue weighted by Gasteiger charge is 2.41. The fourth-order valence-corrected chi connectivity index (χ4v) is 2.51. The number of ether oxygens (including phenoxy) is 1. The number of guanidine groups is 1. The minimum absolute atomic E-state index is 0. The van der Waals surface area contributed by atoms with Crippen LogP contribution in [0, 0.1) is 5.41 Å². The maximum absolute atomic E-state index is 6.03. The topological polar surface area (TPSA) is 59.6 Å². The van der Waals surface area contributed by atoms with Gasteiger partial charge in [0.25, 0.3) is 0 Å². The molecule has 130 valence electrons. The van der Waals surface area contributed by atoms with Gasteiger partial charge in [0.15, 0.2) is 5.96 Å². The van der Waals surface area contributed by atoms with Gasteiger partial charge in [-0.05, 0) is 55.2 Å². The second-order valence-electron chi connectivity index (χ2n) is 6.55. The number of nitrogens with one attached hydrogen (secondary N) is 1. The third-order valence-corrected chi connectivity index (χ3v) is 4.35. The zero-order chi connectivity index (χ0) is 16.0. The molecule has 0 saturated heterocycles. The summed E-state index contributed by atoms with van der Waals surface area (Å²) in [5, 5.41) is 3.20. The zero-order valence-corrected chi connectivity index (χ0v) is 16.8. The Labute approximate surface area is 157 Å². The average molecular weight is 431 g/mol. The molecule has 0 heterocycles. The molecular formula is C18H30IN3O. The molecule has 3 N–H and O–H groups in total. The fraction of sp³-hybridized carbons (Fsp3) is 0.611. The summed E-state index contributed by atoms with van der Waals surface area (Å²) in [5.41, 5.74) is 8.67. The number of nitrogens with two attached hydrogens (primary N) is 1. The van der Waals surface area contributed by atoms with Crippen LogP contribution in [0.5, 0.6) is 0 Å². The molecule has 0 radical (unpaired) electrons. The van der Waals surface area contributed by atoms with Gasteiger partial charge in [-0.2, -0.15) is 0 Å². The van der Waals surface area contributed by atoms with E-state index in [-0.39, 0.29) is 24.0 Å². The molecule has 0 spiro atoms. The molecule has 2 rings (SSSR count). The van der Waals surface area contributed by atoms with Gasteiger partial charge in [-0.15, -0.1) is 24.0 Å². The molecular weight excluding hydrogens is 401 g/mol. The first-order valence-corrected chi connectivity index (χ1v) is 8.29. The summed E-state index contributed by atoms with van der Waals surface area (Å²) in [6.45, 7) is 8.82. The molecule has 0 amide bonds. The Kier molecular flexibility index (Phi) is 8.33. The van der Waals surface area contributed by atoms with Crippen LogP contribution < -0.4 is 11.1 Å². The monoisotopic (exact) mass is 431 g/mol. The summed E-state index contributed by atoms with van der Waals surface area (Å²) in [6, 6.07) is 8.34. The van der Waals surface area contributed by atoms with Gasteiger partial charge in [0.1, 0.15) is 0 Å². The van der Waals surface area contributed by atoms with E-state index in [0.717, 1.165) is 31.9 Å². The molecule has 0 bridgehead atoms. The Morgan fingerprint density at radius 3 is 2.74 bits per heavy atom. The first-order chi connectivity index (χ1) is 10.5. The summed E-state index contributed by atoms with van der Waals surface area (Å²) in [5.74, 6) is 1.01. The van der Waals surface area contributed by atoms with Crippen LogP contribution in [-0.4, -0.2) is 25.7 Å². The zero-order valence-electron chi connectivity index (χ0n) is 14.5. The normalized spacial score (nSPS) is 16.1. The minimum Gasteiger partial charge on any atom is -0.382 e. The lowest BCUT2D eigenvalue weighted by molar-refractivity contribution is 0.129. The quantitative estimate of drug-likeness (QED) is 0.278. The van der Waals surface area contributed by atoms with Crippen molar-refractivity contribution in [1.82, 2.24) is 0 Å². The molecule has 5 heteroatoms. The fourth-order valence-electron chi connectivity index (χ4n) is 2.51. The Hall–Kier alpha value is -0.820. The van der Waals surface area contributed by atoms with Gasteiger partial charge in [-0.25, -0.2) is 0 Å². The van der Waals surface area contributed by atoms with Crippen LogP contribution >= 0.6 is 24.0 Å². The van der Waals surface area contributed by atoms with Gasteiger partial charge in [0.2, 0.25) is 0 Å². The Balaban J connectivity index is 0.00000264. The van der Waals surface area contributed by atoms with Crippen LogP contribution in [0.3, 0.4) is 0 Å². The Morgan fingerprint density at radius 1 is 1.39 bits per heavy atom. The largest absolute Gasteiger partial charge is 0.382 e. The Bertz CT molecular complexity index is 513. The maximum Gasteiger partial charge on any atom is 0.193 e. The number of halogens is 1. The summed E-state index contributed by atoms with van der Waals surface area (Å²) in [4.78, 5) is 4.53. The predicted octanol–water partition coefficient (Wildman–Crippen LogP) is 4.36.